The molecular formula is C22H24N4O3S. The largest absolute Gasteiger partial charge is 0.489 e. The van der Waals surface area contributed by atoms with E-state index in [2.05, 4.69) is 26.6 Å². The Bertz CT molecular complexity index is 1090. The zero-order valence-corrected chi connectivity index (χ0v) is 17.7. The number of rotatable bonds is 7. The van der Waals surface area contributed by atoms with Gasteiger partial charge >= 0.3 is 4.87 Å². The minimum atomic E-state index is -0.186. The van der Waals surface area contributed by atoms with Crippen LogP contribution in [0.4, 0.5) is 0 Å². The van der Waals surface area contributed by atoms with Gasteiger partial charge in [-0.15, -0.1) is 0 Å². The van der Waals surface area contributed by atoms with Crippen molar-refractivity contribution in [1.82, 2.24) is 20.5 Å². The van der Waals surface area contributed by atoms with Crippen LogP contribution in [0.5, 0.6) is 5.75 Å². The zero-order valence-electron chi connectivity index (χ0n) is 16.9. The molecule has 156 valence electrons. The molecule has 0 fully saturated rings. The molecule has 0 spiro atoms. The lowest BCUT2D eigenvalue weighted by molar-refractivity contribution is 0.0954. The Labute approximate surface area is 178 Å². The fraction of sp³-hybridized carbons (Fsp3) is 0.364. The van der Waals surface area contributed by atoms with Crippen LogP contribution in [0.15, 0.2) is 35.1 Å². The number of H-pyrrole nitrogens is 1. The van der Waals surface area contributed by atoms with E-state index in [-0.39, 0.29) is 10.8 Å². The van der Waals surface area contributed by atoms with Gasteiger partial charge in [0.1, 0.15) is 17.4 Å². The second-order valence-electron chi connectivity index (χ2n) is 7.38. The molecule has 1 aromatic carbocycles. The predicted octanol–water partition coefficient (Wildman–Crippen LogP) is 2.97. The maximum absolute atomic E-state index is 12.3. The Hall–Kier alpha value is -3.00. The molecule has 7 nitrogen and oxygen atoms in total. The van der Waals surface area contributed by atoms with Crippen LogP contribution < -0.4 is 14.9 Å². The lowest BCUT2D eigenvalue weighted by atomic mass is 9.92. The summed E-state index contributed by atoms with van der Waals surface area (Å²) in [6.07, 6.45) is 5.04. The van der Waals surface area contributed by atoms with Crippen molar-refractivity contribution < 1.29 is 9.53 Å². The number of carbonyl (C=O) groups excluding carboxylic acids is 1. The molecule has 0 radical (unpaired) electrons. The number of hydrogen-bond donors (Lipinski definition) is 2. The van der Waals surface area contributed by atoms with Gasteiger partial charge in [-0.2, -0.15) is 5.10 Å². The van der Waals surface area contributed by atoms with Crippen molar-refractivity contribution in [2.24, 2.45) is 0 Å². The van der Waals surface area contributed by atoms with E-state index in [1.54, 1.807) is 12.1 Å². The Balaban J connectivity index is 1.32. The minimum Gasteiger partial charge on any atom is -0.489 e. The highest BCUT2D eigenvalue weighted by Crippen LogP contribution is 2.25. The minimum absolute atomic E-state index is 0.164. The van der Waals surface area contributed by atoms with Gasteiger partial charge in [0.2, 0.25) is 0 Å². The number of hydrogen-bond acceptors (Lipinski definition) is 6. The van der Waals surface area contributed by atoms with Crippen LogP contribution in [0.3, 0.4) is 0 Å². The Kier molecular flexibility index (Phi) is 6.23. The molecule has 0 atom stereocenters. The van der Waals surface area contributed by atoms with E-state index >= 15 is 0 Å². The molecule has 0 aliphatic heterocycles. The van der Waals surface area contributed by atoms with Crippen molar-refractivity contribution in [3.05, 3.63) is 73.1 Å². The number of fused-ring (bicyclic) bond motifs is 1. The number of amides is 1. The molecule has 3 aromatic rings. The number of pyridine rings is 1. The first-order chi connectivity index (χ1) is 14.6. The van der Waals surface area contributed by atoms with Gasteiger partial charge in [0.15, 0.2) is 0 Å². The SMILES string of the molecule is Cc1cc(COc2ccc(C(=O)NCCc3n[nH]c(=O)s3)cc2)c2c(n1)CCCC2. The van der Waals surface area contributed by atoms with Crippen LogP contribution in [-0.2, 0) is 25.9 Å². The van der Waals surface area contributed by atoms with Crippen molar-refractivity contribution >= 4 is 17.2 Å². The van der Waals surface area contributed by atoms with Crippen molar-refractivity contribution in [3.8, 4) is 5.75 Å². The standard InChI is InChI=1S/C22H24N4O3S/c1-14-12-16(18-4-2-3-5-19(18)24-14)13-29-17-8-6-15(7-9-17)21(27)23-11-10-20-25-26-22(28)30-20/h6-9,12H,2-5,10-11,13H2,1H3,(H,23,27)(H,26,28). The van der Waals surface area contributed by atoms with Crippen LogP contribution in [0.2, 0.25) is 0 Å². The predicted molar refractivity (Wildman–Crippen MR) is 115 cm³/mol. The summed E-state index contributed by atoms with van der Waals surface area (Å²) in [5.74, 6) is 0.565. The average molecular weight is 425 g/mol. The Morgan fingerprint density at radius 2 is 2.03 bits per heavy atom. The summed E-state index contributed by atoms with van der Waals surface area (Å²) in [7, 11) is 0. The highest BCUT2D eigenvalue weighted by molar-refractivity contribution is 7.08. The first-order valence-electron chi connectivity index (χ1n) is 10.1. The number of nitrogens with zero attached hydrogens (tertiary/aromatic N) is 2. The number of nitrogens with one attached hydrogen (secondary N) is 2. The van der Waals surface area contributed by atoms with Gasteiger partial charge in [-0.1, -0.05) is 11.3 Å². The fourth-order valence-electron chi connectivity index (χ4n) is 3.69. The second kappa shape index (κ2) is 9.21. The zero-order chi connectivity index (χ0) is 20.9. The van der Waals surface area contributed by atoms with E-state index in [0.717, 1.165) is 35.6 Å². The average Bonchev–Trinajstić information content (AvgIpc) is 3.17. The first-order valence-corrected chi connectivity index (χ1v) is 10.9. The number of aromatic nitrogens is 3. The lowest BCUT2D eigenvalue weighted by Crippen LogP contribution is -2.25. The van der Waals surface area contributed by atoms with Gasteiger partial charge in [0, 0.05) is 29.9 Å². The topological polar surface area (TPSA) is 97.0 Å². The molecule has 0 saturated carbocycles. The van der Waals surface area contributed by atoms with Crippen LogP contribution in [0.25, 0.3) is 0 Å². The van der Waals surface area contributed by atoms with Crippen LogP contribution in [0, 0.1) is 6.92 Å². The summed E-state index contributed by atoms with van der Waals surface area (Å²) in [6, 6.07) is 9.25. The van der Waals surface area contributed by atoms with Crippen molar-refractivity contribution in [2.75, 3.05) is 6.54 Å². The highest BCUT2D eigenvalue weighted by atomic mass is 32.1. The summed E-state index contributed by atoms with van der Waals surface area (Å²) in [5, 5.41) is 9.77. The molecule has 8 heteroatoms. The van der Waals surface area contributed by atoms with Gasteiger partial charge in [-0.25, -0.2) is 5.10 Å². The molecule has 30 heavy (non-hydrogen) atoms. The van der Waals surface area contributed by atoms with Crippen molar-refractivity contribution in [3.63, 3.8) is 0 Å². The first kappa shape index (κ1) is 20.3. The summed E-state index contributed by atoms with van der Waals surface area (Å²) in [5.41, 5.74) is 5.36. The van der Waals surface area contributed by atoms with E-state index in [1.165, 1.54) is 29.7 Å². The van der Waals surface area contributed by atoms with E-state index in [4.69, 9.17) is 4.74 Å². The molecule has 0 saturated heterocycles. The van der Waals surface area contributed by atoms with Crippen LogP contribution in [0.1, 0.15) is 50.7 Å². The number of benzene rings is 1. The van der Waals surface area contributed by atoms with Crippen molar-refractivity contribution in [2.45, 2.75) is 45.6 Å². The molecule has 4 rings (SSSR count). The molecule has 2 aromatic heterocycles. The molecule has 0 unspecified atom stereocenters. The third kappa shape index (κ3) is 4.94. The molecule has 2 heterocycles. The number of aromatic amines is 1. The smallest absolute Gasteiger partial charge is 0.322 e. The van der Waals surface area contributed by atoms with Crippen LogP contribution >= 0.6 is 11.3 Å². The summed E-state index contributed by atoms with van der Waals surface area (Å²) in [6.45, 7) is 2.95. The summed E-state index contributed by atoms with van der Waals surface area (Å²) >= 11 is 1.06. The van der Waals surface area contributed by atoms with Gasteiger partial charge in [0.25, 0.3) is 5.91 Å². The molecule has 0 bridgehead atoms. The lowest BCUT2D eigenvalue weighted by Gasteiger charge is -2.19. The monoisotopic (exact) mass is 424 g/mol. The van der Waals surface area contributed by atoms with E-state index < -0.39 is 0 Å². The third-order valence-electron chi connectivity index (χ3n) is 5.14. The quantitative estimate of drug-likeness (QED) is 0.608. The normalized spacial score (nSPS) is 13.0. The van der Waals surface area contributed by atoms with E-state index in [0.29, 0.717) is 30.1 Å². The van der Waals surface area contributed by atoms with Gasteiger partial charge in [-0.3, -0.25) is 14.6 Å². The fourth-order valence-corrected chi connectivity index (χ4v) is 4.29. The molecule has 1 amide bonds. The Morgan fingerprint density at radius 3 is 2.80 bits per heavy atom. The molecule has 1 aliphatic carbocycles. The summed E-state index contributed by atoms with van der Waals surface area (Å²) in [4.78, 5) is 27.9. The summed E-state index contributed by atoms with van der Waals surface area (Å²) < 4.78 is 5.99. The number of carbonyl (C=O) groups is 1. The number of aryl methyl sites for hydroxylation is 2. The van der Waals surface area contributed by atoms with E-state index in [9.17, 15) is 9.59 Å². The number of ether oxygens (including phenoxy) is 1. The van der Waals surface area contributed by atoms with Gasteiger partial charge in [0.05, 0.1) is 0 Å². The third-order valence-corrected chi connectivity index (χ3v) is 5.95. The van der Waals surface area contributed by atoms with E-state index in [1.807, 2.05) is 19.1 Å². The maximum Gasteiger partial charge on any atom is 0.322 e. The molecule has 1 aliphatic rings. The molecular weight excluding hydrogens is 400 g/mol. The van der Waals surface area contributed by atoms with Crippen molar-refractivity contribution in [1.29, 1.82) is 0 Å². The van der Waals surface area contributed by atoms with Gasteiger partial charge < -0.3 is 10.1 Å². The second-order valence-corrected chi connectivity index (χ2v) is 8.43. The van der Waals surface area contributed by atoms with Gasteiger partial charge in [-0.05, 0) is 74.1 Å². The highest BCUT2D eigenvalue weighted by Gasteiger charge is 2.16. The maximum atomic E-state index is 12.3. The Morgan fingerprint density at radius 1 is 1.23 bits per heavy atom. The molecule has 2 N–H and O–H groups in total. The van der Waals surface area contributed by atoms with Crippen LogP contribution in [-0.4, -0.2) is 27.6 Å².